The second kappa shape index (κ2) is 6.30. The van der Waals surface area contributed by atoms with E-state index in [0.717, 1.165) is 34.4 Å². The molecule has 0 aromatic carbocycles. The van der Waals surface area contributed by atoms with Crippen LogP contribution in [0.2, 0.25) is 0 Å². The van der Waals surface area contributed by atoms with Crippen molar-refractivity contribution in [1.82, 2.24) is 9.88 Å². The molecule has 0 fully saturated rings. The number of hydrogen-bond acceptors (Lipinski definition) is 4. The van der Waals surface area contributed by atoms with Gasteiger partial charge in [0.2, 0.25) is 0 Å². The zero-order valence-electron chi connectivity index (χ0n) is 9.62. The minimum Gasteiger partial charge on any atom is -0.298 e. The van der Waals surface area contributed by atoms with Gasteiger partial charge in [0.1, 0.15) is 0 Å². The summed E-state index contributed by atoms with van der Waals surface area (Å²) in [5.41, 5.74) is 0. The molecule has 4 heteroatoms. The number of thiocarbonyl (C=S) groups is 1. The van der Waals surface area contributed by atoms with Gasteiger partial charge in [-0.3, -0.25) is 4.90 Å². The number of likely N-dealkylation sites (N-methyl/N-ethyl adjacent to an activating group) is 1. The SMILES string of the molecule is CCCN(CC)CC(=S)c1cnc(C)s1. The molecule has 0 unspecified atom stereocenters. The molecule has 0 N–H and O–H groups in total. The molecule has 1 aromatic rings. The third-order valence-corrected chi connectivity index (χ3v) is 3.70. The summed E-state index contributed by atoms with van der Waals surface area (Å²) in [4.78, 5) is 8.78. The molecule has 0 spiro atoms. The highest BCUT2D eigenvalue weighted by Crippen LogP contribution is 2.13. The van der Waals surface area contributed by atoms with E-state index in [2.05, 4.69) is 23.7 Å². The minimum absolute atomic E-state index is 0.890. The standard InChI is InChI=1S/C11H18N2S2/c1-4-6-13(5-2)8-10(14)11-7-12-9(3)15-11/h7H,4-6,8H2,1-3H3. The molecule has 0 aliphatic rings. The van der Waals surface area contributed by atoms with E-state index in [1.807, 2.05) is 13.1 Å². The normalized spacial score (nSPS) is 10.9. The van der Waals surface area contributed by atoms with E-state index in [1.165, 1.54) is 6.42 Å². The van der Waals surface area contributed by atoms with E-state index in [4.69, 9.17) is 12.2 Å². The molecule has 1 rings (SSSR count). The van der Waals surface area contributed by atoms with Crippen LogP contribution in [0.1, 0.15) is 30.2 Å². The van der Waals surface area contributed by atoms with Gasteiger partial charge in [-0.1, -0.05) is 26.1 Å². The van der Waals surface area contributed by atoms with Crippen LogP contribution in [0.5, 0.6) is 0 Å². The van der Waals surface area contributed by atoms with Crippen molar-refractivity contribution in [3.63, 3.8) is 0 Å². The maximum absolute atomic E-state index is 5.42. The summed E-state index contributed by atoms with van der Waals surface area (Å²) in [7, 11) is 0. The van der Waals surface area contributed by atoms with E-state index in [0.29, 0.717) is 0 Å². The van der Waals surface area contributed by atoms with Crippen LogP contribution in [0.15, 0.2) is 6.20 Å². The lowest BCUT2D eigenvalue weighted by Crippen LogP contribution is -2.29. The van der Waals surface area contributed by atoms with Crippen molar-refractivity contribution in [2.45, 2.75) is 27.2 Å². The minimum atomic E-state index is 0.890. The summed E-state index contributed by atoms with van der Waals surface area (Å²) in [5, 5.41) is 1.09. The number of nitrogens with zero attached hydrogens (tertiary/aromatic N) is 2. The van der Waals surface area contributed by atoms with Gasteiger partial charge < -0.3 is 0 Å². The highest BCUT2D eigenvalue weighted by molar-refractivity contribution is 7.81. The first-order valence-corrected chi connectivity index (χ1v) is 6.57. The molecular weight excluding hydrogens is 224 g/mol. The largest absolute Gasteiger partial charge is 0.298 e. The summed E-state index contributed by atoms with van der Waals surface area (Å²) in [5.74, 6) is 0. The number of rotatable bonds is 6. The third-order valence-electron chi connectivity index (χ3n) is 2.25. The van der Waals surface area contributed by atoms with Crippen LogP contribution in [0.3, 0.4) is 0 Å². The van der Waals surface area contributed by atoms with Crippen LogP contribution in [0.4, 0.5) is 0 Å². The zero-order valence-corrected chi connectivity index (χ0v) is 11.2. The summed E-state index contributed by atoms with van der Waals surface area (Å²) >= 11 is 7.11. The Bertz CT molecular complexity index is 320. The molecule has 0 amide bonds. The van der Waals surface area contributed by atoms with Crippen molar-refractivity contribution in [1.29, 1.82) is 0 Å². The third kappa shape index (κ3) is 3.97. The van der Waals surface area contributed by atoms with Gasteiger partial charge in [-0.15, -0.1) is 11.3 Å². The number of hydrogen-bond donors (Lipinski definition) is 0. The fourth-order valence-corrected chi connectivity index (χ4v) is 2.50. The van der Waals surface area contributed by atoms with Gasteiger partial charge in [-0.2, -0.15) is 0 Å². The van der Waals surface area contributed by atoms with Gasteiger partial charge in [0.25, 0.3) is 0 Å². The molecule has 0 aliphatic heterocycles. The molecule has 0 bridgehead atoms. The zero-order chi connectivity index (χ0) is 11.3. The molecular formula is C11H18N2S2. The predicted molar refractivity (Wildman–Crippen MR) is 71.0 cm³/mol. The van der Waals surface area contributed by atoms with E-state index in [1.54, 1.807) is 11.3 Å². The lowest BCUT2D eigenvalue weighted by atomic mass is 10.3. The molecule has 0 atom stereocenters. The van der Waals surface area contributed by atoms with Crippen LogP contribution in [-0.2, 0) is 0 Å². The van der Waals surface area contributed by atoms with Gasteiger partial charge in [0, 0.05) is 17.6 Å². The van der Waals surface area contributed by atoms with Crippen LogP contribution < -0.4 is 0 Å². The molecule has 1 aromatic heterocycles. The number of aromatic nitrogens is 1. The summed E-state index contributed by atoms with van der Waals surface area (Å²) in [6.07, 6.45) is 3.07. The quantitative estimate of drug-likeness (QED) is 0.564. The highest BCUT2D eigenvalue weighted by Gasteiger charge is 2.09. The monoisotopic (exact) mass is 242 g/mol. The first kappa shape index (κ1) is 12.7. The maximum atomic E-state index is 5.42. The van der Waals surface area contributed by atoms with Gasteiger partial charge in [0.05, 0.1) is 9.88 Å². The molecule has 15 heavy (non-hydrogen) atoms. The van der Waals surface area contributed by atoms with E-state index in [9.17, 15) is 0 Å². The Balaban J connectivity index is 2.54. The summed E-state index contributed by atoms with van der Waals surface area (Å²) < 4.78 is 0. The molecule has 1 heterocycles. The smallest absolute Gasteiger partial charge is 0.0900 e. The Morgan fingerprint density at radius 1 is 1.53 bits per heavy atom. The molecule has 0 saturated carbocycles. The van der Waals surface area contributed by atoms with Crippen molar-refractivity contribution >= 4 is 28.4 Å². The summed E-state index contributed by atoms with van der Waals surface area (Å²) in [6, 6.07) is 0. The Morgan fingerprint density at radius 3 is 2.73 bits per heavy atom. The second-order valence-electron chi connectivity index (χ2n) is 3.54. The Hall–Kier alpha value is -0.320. The van der Waals surface area contributed by atoms with Gasteiger partial charge in [0.15, 0.2) is 0 Å². The van der Waals surface area contributed by atoms with Gasteiger partial charge in [-0.25, -0.2) is 4.98 Å². The molecule has 84 valence electrons. The molecule has 0 saturated heterocycles. The first-order chi connectivity index (χ1) is 7.17. The van der Waals surface area contributed by atoms with E-state index in [-0.39, 0.29) is 0 Å². The summed E-state index contributed by atoms with van der Waals surface area (Å²) in [6.45, 7) is 9.46. The van der Waals surface area contributed by atoms with Crippen molar-refractivity contribution in [3.05, 3.63) is 16.1 Å². The maximum Gasteiger partial charge on any atom is 0.0900 e. The average Bonchev–Trinajstić information content (AvgIpc) is 2.64. The average molecular weight is 242 g/mol. The van der Waals surface area contributed by atoms with Crippen molar-refractivity contribution in [2.24, 2.45) is 0 Å². The topological polar surface area (TPSA) is 16.1 Å². The number of aryl methyl sites for hydroxylation is 1. The van der Waals surface area contributed by atoms with Crippen LogP contribution in [0, 0.1) is 6.92 Å². The van der Waals surface area contributed by atoms with Crippen molar-refractivity contribution in [3.8, 4) is 0 Å². The lowest BCUT2D eigenvalue weighted by molar-refractivity contribution is 0.330. The first-order valence-electron chi connectivity index (χ1n) is 5.35. The van der Waals surface area contributed by atoms with Crippen LogP contribution in [0.25, 0.3) is 0 Å². The molecule has 0 radical (unpaired) electrons. The second-order valence-corrected chi connectivity index (χ2v) is 5.26. The van der Waals surface area contributed by atoms with Crippen molar-refractivity contribution < 1.29 is 0 Å². The lowest BCUT2D eigenvalue weighted by Gasteiger charge is -2.19. The van der Waals surface area contributed by atoms with E-state index < -0.39 is 0 Å². The Labute approximate surface area is 101 Å². The predicted octanol–water partition coefficient (Wildman–Crippen LogP) is 2.90. The Morgan fingerprint density at radius 2 is 2.27 bits per heavy atom. The highest BCUT2D eigenvalue weighted by atomic mass is 32.1. The van der Waals surface area contributed by atoms with E-state index >= 15 is 0 Å². The Kier molecular flexibility index (Phi) is 5.36. The van der Waals surface area contributed by atoms with Crippen LogP contribution >= 0.6 is 23.6 Å². The van der Waals surface area contributed by atoms with Gasteiger partial charge in [-0.05, 0) is 26.4 Å². The molecule has 2 nitrogen and oxygen atoms in total. The van der Waals surface area contributed by atoms with Crippen LogP contribution in [-0.4, -0.2) is 34.4 Å². The fraction of sp³-hybridized carbons (Fsp3) is 0.636. The number of thiazole rings is 1. The van der Waals surface area contributed by atoms with Gasteiger partial charge >= 0.3 is 0 Å². The fourth-order valence-electron chi connectivity index (χ4n) is 1.44. The van der Waals surface area contributed by atoms with Crippen molar-refractivity contribution in [2.75, 3.05) is 19.6 Å². The molecule has 0 aliphatic carbocycles.